The van der Waals surface area contributed by atoms with Gasteiger partial charge in [0.15, 0.2) is 0 Å². The van der Waals surface area contributed by atoms with Crippen molar-refractivity contribution in [1.29, 1.82) is 0 Å². The summed E-state index contributed by atoms with van der Waals surface area (Å²) in [6.07, 6.45) is 5.07. The lowest BCUT2D eigenvalue weighted by Crippen LogP contribution is -2.24. The van der Waals surface area contributed by atoms with Gasteiger partial charge in [0, 0.05) is 24.2 Å². The van der Waals surface area contributed by atoms with Crippen LogP contribution in [0.1, 0.15) is 5.56 Å². The van der Waals surface area contributed by atoms with E-state index in [2.05, 4.69) is 15.1 Å². The number of nitrogens with zero attached hydrogens (tertiary/aromatic N) is 4. The fourth-order valence-corrected chi connectivity index (χ4v) is 2.83. The van der Waals surface area contributed by atoms with Crippen molar-refractivity contribution < 1.29 is 4.74 Å². The smallest absolute Gasteiger partial charge is 0.276 e. The molecule has 0 saturated carbocycles. The number of fused-ring (bicyclic) bond motifs is 1. The molecule has 26 heavy (non-hydrogen) atoms. The van der Waals surface area contributed by atoms with Crippen LogP contribution >= 0.6 is 0 Å². The van der Waals surface area contributed by atoms with Crippen LogP contribution in [0.3, 0.4) is 0 Å². The molecule has 0 aliphatic heterocycles. The Morgan fingerprint density at radius 1 is 1.00 bits per heavy atom. The molecule has 0 spiro atoms. The molecule has 6 nitrogen and oxygen atoms in total. The zero-order chi connectivity index (χ0) is 17.9. The van der Waals surface area contributed by atoms with Crippen LogP contribution in [0.15, 0.2) is 71.9 Å². The van der Waals surface area contributed by atoms with Gasteiger partial charge in [-0.05, 0) is 54.1 Å². The highest BCUT2D eigenvalue weighted by Gasteiger charge is 2.13. The van der Waals surface area contributed by atoms with Gasteiger partial charge < -0.3 is 4.74 Å². The van der Waals surface area contributed by atoms with Crippen molar-refractivity contribution in [2.45, 2.75) is 6.54 Å². The van der Waals surface area contributed by atoms with E-state index in [0.717, 1.165) is 16.9 Å². The highest BCUT2D eigenvalue weighted by molar-refractivity contribution is 5.90. The third-order valence-corrected chi connectivity index (χ3v) is 4.16. The molecule has 6 heteroatoms. The van der Waals surface area contributed by atoms with Crippen LogP contribution in [0.4, 0.5) is 0 Å². The maximum Gasteiger partial charge on any atom is 0.276 e. The summed E-state index contributed by atoms with van der Waals surface area (Å²) < 4.78 is 6.69. The summed E-state index contributed by atoms with van der Waals surface area (Å²) >= 11 is 0. The number of hydrogen-bond acceptors (Lipinski definition) is 5. The van der Waals surface area contributed by atoms with E-state index in [9.17, 15) is 4.79 Å². The molecule has 0 aliphatic rings. The third-order valence-electron chi connectivity index (χ3n) is 4.16. The lowest BCUT2D eigenvalue weighted by molar-refractivity contribution is 0.415. The zero-order valence-corrected chi connectivity index (χ0v) is 14.2. The number of benzene rings is 1. The van der Waals surface area contributed by atoms with E-state index in [-0.39, 0.29) is 5.56 Å². The predicted octanol–water partition coefficient (Wildman–Crippen LogP) is 2.91. The molecule has 0 amide bonds. The number of ether oxygens (including phenoxy) is 1. The first-order valence-electron chi connectivity index (χ1n) is 8.15. The van der Waals surface area contributed by atoms with Crippen molar-refractivity contribution in [3.63, 3.8) is 0 Å². The van der Waals surface area contributed by atoms with Crippen molar-refractivity contribution >= 4 is 10.9 Å². The minimum Gasteiger partial charge on any atom is -0.497 e. The number of aromatic nitrogens is 4. The zero-order valence-electron chi connectivity index (χ0n) is 14.2. The number of hydrogen-bond donors (Lipinski definition) is 0. The second kappa shape index (κ2) is 6.76. The SMILES string of the molecule is COc1ccc(-c2nn(Cc3ccncc3)c(=O)c3cccnc23)cc1. The normalized spacial score (nSPS) is 10.8. The van der Waals surface area contributed by atoms with Crippen molar-refractivity contribution in [3.8, 4) is 17.0 Å². The first kappa shape index (κ1) is 16.0. The third kappa shape index (κ3) is 2.93. The molecule has 0 radical (unpaired) electrons. The van der Waals surface area contributed by atoms with Crippen LogP contribution in [0.5, 0.6) is 5.75 Å². The summed E-state index contributed by atoms with van der Waals surface area (Å²) in [7, 11) is 1.62. The van der Waals surface area contributed by atoms with Crippen molar-refractivity contribution in [2.24, 2.45) is 0 Å². The van der Waals surface area contributed by atoms with E-state index in [1.54, 1.807) is 37.8 Å². The Kier molecular flexibility index (Phi) is 4.15. The average Bonchev–Trinajstić information content (AvgIpc) is 2.71. The summed E-state index contributed by atoms with van der Waals surface area (Å²) in [5, 5.41) is 5.15. The van der Waals surface area contributed by atoms with Gasteiger partial charge in [0.05, 0.1) is 19.0 Å². The molecule has 0 atom stereocenters. The first-order valence-corrected chi connectivity index (χ1v) is 8.15. The molecular formula is C20H16N4O2. The Labute approximate surface area is 149 Å². The minimum absolute atomic E-state index is 0.165. The first-order chi connectivity index (χ1) is 12.8. The van der Waals surface area contributed by atoms with Crippen LogP contribution in [0, 0.1) is 0 Å². The van der Waals surface area contributed by atoms with E-state index in [1.165, 1.54) is 4.68 Å². The highest BCUT2D eigenvalue weighted by Crippen LogP contribution is 2.25. The number of methoxy groups -OCH3 is 1. The highest BCUT2D eigenvalue weighted by atomic mass is 16.5. The quantitative estimate of drug-likeness (QED) is 0.569. The number of rotatable bonds is 4. The van der Waals surface area contributed by atoms with Crippen molar-refractivity contribution in [1.82, 2.24) is 19.7 Å². The fraction of sp³-hybridized carbons (Fsp3) is 0.100. The monoisotopic (exact) mass is 344 g/mol. The van der Waals surface area contributed by atoms with Crippen molar-refractivity contribution in [3.05, 3.63) is 83.0 Å². The van der Waals surface area contributed by atoms with E-state index in [4.69, 9.17) is 4.74 Å². The van der Waals surface area contributed by atoms with Gasteiger partial charge in [-0.3, -0.25) is 14.8 Å². The van der Waals surface area contributed by atoms with Gasteiger partial charge in [-0.1, -0.05) is 0 Å². The summed E-state index contributed by atoms with van der Waals surface area (Å²) in [4.78, 5) is 21.2. The Bertz CT molecular complexity index is 1110. The van der Waals surface area contributed by atoms with Gasteiger partial charge >= 0.3 is 0 Å². The average molecular weight is 344 g/mol. The Morgan fingerprint density at radius 2 is 1.77 bits per heavy atom. The molecule has 128 valence electrons. The molecule has 0 unspecified atom stereocenters. The summed E-state index contributed by atoms with van der Waals surface area (Å²) in [6, 6.07) is 14.8. The van der Waals surface area contributed by atoms with Gasteiger partial charge in [-0.2, -0.15) is 5.10 Å². The van der Waals surface area contributed by atoms with Crippen LogP contribution in [-0.4, -0.2) is 26.9 Å². The second-order valence-corrected chi connectivity index (χ2v) is 5.79. The van der Waals surface area contributed by atoms with E-state index < -0.39 is 0 Å². The fourth-order valence-electron chi connectivity index (χ4n) is 2.83. The number of pyridine rings is 2. The summed E-state index contributed by atoms with van der Waals surface area (Å²) in [6.45, 7) is 0.370. The molecule has 3 heterocycles. The van der Waals surface area contributed by atoms with Gasteiger partial charge in [0.1, 0.15) is 17.0 Å². The maximum atomic E-state index is 12.8. The van der Waals surface area contributed by atoms with Crippen LogP contribution in [0.25, 0.3) is 22.2 Å². The molecule has 3 aromatic heterocycles. The topological polar surface area (TPSA) is 69.9 Å². The van der Waals surface area contributed by atoms with Crippen LogP contribution < -0.4 is 10.3 Å². The molecule has 0 fully saturated rings. The summed E-state index contributed by atoms with van der Waals surface area (Å²) in [5.74, 6) is 0.760. The van der Waals surface area contributed by atoms with Gasteiger partial charge in [-0.15, -0.1) is 0 Å². The Morgan fingerprint density at radius 3 is 2.50 bits per heavy atom. The molecule has 0 aliphatic carbocycles. The lowest BCUT2D eigenvalue weighted by atomic mass is 10.1. The van der Waals surface area contributed by atoms with Gasteiger partial charge in [0.2, 0.25) is 0 Å². The molecule has 4 rings (SSSR count). The maximum absolute atomic E-state index is 12.8. The van der Waals surface area contributed by atoms with E-state index in [0.29, 0.717) is 23.1 Å². The molecule has 1 aromatic carbocycles. The standard InChI is InChI=1S/C20H16N4O2/c1-26-16-6-4-15(5-7-16)18-19-17(3-2-10-22-19)20(25)24(23-18)13-14-8-11-21-12-9-14/h2-12H,13H2,1H3. The van der Waals surface area contributed by atoms with Crippen LogP contribution in [-0.2, 0) is 6.54 Å². The molecule has 0 bridgehead atoms. The Balaban J connectivity index is 1.90. The minimum atomic E-state index is -0.165. The lowest BCUT2D eigenvalue weighted by Gasteiger charge is -2.11. The van der Waals surface area contributed by atoms with E-state index in [1.807, 2.05) is 36.4 Å². The molecule has 4 aromatic rings. The van der Waals surface area contributed by atoms with Crippen molar-refractivity contribution in [2.75, 3.05) is 7.11 Å². The second-order valence-electron chi connectivity index (χ2n) is 5.79. The molecule has 0 saturated heterocycles. The van der Waals surface area contributed by atoms with E-state index >= 15 is 0 Å². The molecule has 0 N–H and O–H groups in total. The largest absolute Gasteiger partial charge is 0.497 e. The van der Waals surface area contributed by atoms with Gasteiger partial charge in [-0.25, -0.2) is 4.68 Å². The van der Waals surface area contributed by atoms with Crippen LogP contribution in [0.2, 0.25) is 0 Å². The molecular weight excluding hydrogens is 328 g/mol. The Hall–Kier alpha value is -3.54. The van der Waals surface area contributed by atoms with Gasteiger partial charge in [0.25, 0.3) is 5.56 Å². The predicted molar refractivity (Wildman–Crippen MR) is 99.1 cm³/mol. The summed E-state index contributed by atoms with van der Waals surface area (Å²) in [5.41, 5.74) is 2.92.